The van der Waals surface area contributed by atoms with Crippen molar-refractivity contribution in [3.8, 4) is 0 Å². The molecule has 0 spiro atoms. The Morgan fingerprint density at radius 2 is 1.39 bits per heavy atom. The van der Waals surface area contributed by atoms with Crippen molar-refractivity contribution in [2.24, 2.45) is 11.8 Å². The summed E-state index contributed by atoms with van der Waals surface area (Å²) in [5, 5.41) is 13.3. The summed E-state index contributed by atoms with van der Waals surface area (Å²) in [6.45, 7) is 0. The van der Waals surface area contributed by atoms with Crippen molar-refractivity contribution in [3.05, 3.63) is 110 Å². The minimum atomic E-state index is -1.81. The van der Waals surface area contributed by atoms with Crippen LogP contribution in [0.2, 0.25) is 5.02 Å². The van der Waals surface area contributed by atoms with E-state index in [0.29, 0.717) is 21.8 Å². The second-order valence-corrected chi connectivity index (χ2v) is 8.60. The van der Waals surface area contributed by atoms with Crippen LogP contribution >= 0.6 is 11.6 Å². The highest BCUT2D eigenvalue weighted by Crippen LogP contribution is 2.64. The molecule has 1 saturated heterocycles. The van der Waals surface area contributed by atoms with E-state index in [1.54, 1.807) is 48.5 Å². The van der Waals surface area contributed by atoms with Crippen molar-refractivity contribution < 1.29 is 14.5 Å². The number of imide groups is 1. The second-order valence-electron chi connectivity index (χ2n) is 8.17. The summed E-state index contributed by atoms with van der Waals surface area (Å²) in [6.07, 6.45) is 0. The van der Waals surface area contributed by atoms with Crippen LogP contribution in [-0.2, 0) is 15.1 Å². The van der Waals surface area contributed by atoms with Gasteiger partial charge in [0.2, 0.25) is 11.8 Å². The van der Waals surface area contributed by atoms with Gasteiger partial charge in [0.15, 0.2) is 0 Å². The highest BCUT2D eigenvalue weighted by Gasteiger charge is 2.74. The molecule has 2 atom stereocenters. The van der Waals surface area contributed by atoms with Gasteiger partial charge in [-0.3, -0.25) is 19.7 Å². The number of rotatable bonds is 2. The first kappa shape index (κ1) is 18.3. The Balaban J connectivity index is 1.67. The zero-order valence-electron chi connectivity index (χ0n) is 16.1. The first-order valence-electron chi connectivity index (χ1n) is 9.94. The van der Waals surface area contributed by atoms with E-state index in [2.05, 4.69) is 0 Å². The number of nitro groups is 1. The molecule has 31 heavy (non-hydrogen) atoms. The van der Waals surface area contributed by atoms with Crippen molar-refractivity contribution in [2.75, 3.05) is 4.90 Å². The maximum absolute atomic E-state index is 13.7. The van der Waals surface area contributed by atoms with Crippen LogP contribution in [0.3, 0.4) is 0 Å². The molecule has 1 fully saturated rings. The van der Waals surface area contributed by atoms with Crippen LogP contribution in [0.15, 0.2) is 72.8 Å². The Morgan fingerprint density at radius 3 is 1.94 bits per heavy atom. The summed E-state index contributed by atoms with van der Waals surface area (Å²) in [5.74, 6) is -3.30. The lowest BCUT2D eigenvalue weighted by atomic mass is 9.51. The van der Waals surface area contributed by atoms with Crippen LogP contribution in [0, 0.1) is 22.0 Å². The number of carbonyl (C=O) groups is 2. The van der Waals surface area contributed by atoms with Gasteiger partial charge in [-0.2, -0.15) is 0 Å². The largest absolute Gasteiger partial charge is 0.285 e. The third-order valence-corrected chi connectivity index (χ3v) is 7.20. The number of hydrogen-bond donors (Lipinski definition) is 0. The number of anilines is 1. The molecule has 0 saturated carbocycles. The Bertz CT molecular complexity index is 1260. The molecule has 3 aromatic rings. The molecule has 0 unspecified atom stereocenters. The van der Waals surface area contributed by atoms with Crippen molar-refractivity contribution in [2.45, 2.75) is 11.5 Å². The Labute approximate surface area is 182 Å². The van der Waals surface area contributed by atoms with Gasteiger partial charge in [0.05, 0.1) is 11.6 Å². The molecule has 7 rings (SSSR count). The molecule has 4 aliphatic rings. The quantitative estimate of drug-likeness (QED) is 0.348. The standard InChI is InChI=1S/C24H15ClN2O4/c25-13-9-11-14(12-10-13)26-22(28)20-19-15-5-1-3-7-17(15)24(27(30)31,21(20)23(26)29)18-8-4-2-6-16(18)19/h1-12,19-21H/t19?,20-,21+,24?/m1/s1. The summed E-state index contributed by atoms with van der Waals surface area (Å²) >= 11 is 5.98. The lowest BCUT2D eigenvalue weighted by molar-refractivity contribution is -0.578. The third kappa shape index (κ3) is 2.03. The molecule has 6 nitrogen and oxygen atoms in total. The molecule has 0 aromatic heterocycles. The van der Waals surface area contributed by atoms with Gasteiger partial charge >= 0.3 is 0 Å². The van der Waals surface area contributed by atoms with Crippen molar-refractivity contribution in [3.63, 3.8) is 0 Å². The Hall–Kier alpha value is -3.51. The van der Waals surface area contributed by atoms with E-state index in [9.17, 15) is 19.7 Å². The lowest BCUT2D eigenvalue weighted by Gasteiger charge is -2.48. The van der Waals surface area contributed by atoms with E-state index < -0.39 is 35.1 Å². The maximum Gasteiger partial charge on any atom is 0.285 e. The number of hydrogen-bond acceptors (Lipinski definition) is 4. The predicted octanol–water partition coefficient (Wildman–Crippen LogP) is 4.13. The van der Waals surface area contributed by atoms with Gasteiger partial charge in [-0.15, -0.1) is 0 Å². The van der Waals surface area contributed by atoms with Crippen molar-refractivity contribution in [1.82, 2.24) is 0 Å². The highest BCUT2D eigenvalue weighted by atomic mass is 35.5. The minimum Gasteiger partial charge on any atom is -0.274 e. The van der Waals surface area contributed by atoms with Crippen LogP contribution in [0.4, 0.5) is 5.69 Å². The van der Waals surface area contributed by atoms with Gasteiger partial charge in [-0.05, 0) is 35.4 Å². The topological polar surface area (TPSA) is 80.5 Å². The smallest absolute Gasteiger partial charge is 0.274 e. The van der Waals surface area contributed by atoms with E-state index in [-0.39, 0.29) is 4.92 Å². The normalized spacial score (nSPS) is 27.6. The molecule has 0 radical (unpaired) electrons. The van der Waals surface area contributed by atoms with Gasteiger partial charge in [0.25, 0.3) is 5.54 Å². The first-order chi connectivity index (χ1) is 15.0. The monoisotopic (exact) mass is 430 g/mol. The van der Waals surface area contributed by atoms with Crippen LogP contribution in [-0.4, -0.2) is 16.7 Å². The summed E-state index contributed by atoms with van der Waals surface area (Å²) < 4.78 is 0. The fourth-order valence-electron chi connectivity index (χ4n) is 5.89. The lowest BCUT2D eigenvalue weighted by Crippen LogP contribution is -2.57. The Morgan fingerprint density at radius 1 is 0.839 bits per heavy atom. The van der Waals surface area contributed by atoms with Gasteiger partial charge in [0, 0.05) is 27.0 Å². The van der Waals surface area contributed by atoms with Gasteiger partial charge < -0.3 is 0 Å². The van der Waals surface area contributed by atoms with Crippen LogP contribution in [0.5, 0.6) is 0 Å². The number of halogens is 1. The molecule has 2 amide bonds. The van der Waals surface area contributed by atoms with Gasteiger partial charge in [0.1, 0.15) is 5.92 Å². The number of benzene rings is 3. The number of amides is 2. The molecule has 1 aliphatic heterocycles. The highest BCUT2D eigenvalue weighted by molar-refractivity contribution is 6.31. The number of carbonyl (C=O) groups excluding carboxylic acids is 2. The van der Waals surface area contributed by atoms with Crippen molar-refractivity contribution >= 4 is 29.1 Å². The molecule has 1 heterocycles. The van der Waals surface area contributed by atoms with E-state index in [1.807, 2.05) is 24.3 Å². The third-order valence-electron chi connectivity index (χ3n) is 6.95. The fourth-order valence-corrected chi connectivity index (χ4v) is 6.01. The van der Waals surface area contributed by atoms with Crippen molar-refractivity contribution in [1.29, 1.82) is 0 Å². The predicted molar refractivity (Wildman–Crippen MR) is 113 cm³/mol. The van der Waals surface area contributed by atoms with E-state index >= 15 is 0 Å². The molecule has 7 heteroatoms. The van der Waals surface area contributed by atoms with Crippen LogP contribution < -0.4 is 4.90 Å². The van der Waals surface area contributed by atoms with Crippen LogP contribution in [0.1, 0.15) is 28.2 Å². The Kier molecular flexibility index (Phi) is 3.55. The average Bonchev–Trinajstić information content (AvgIpc) is 3.05. The molecule has 0 N–H and O–H groups in total. The summed E-state index contributed by atoms with van der Waals surface area (Å²) in [6, 6.07) is 20.7. The zero-order valence-corrected chi connectivity index (χ0v) is 16.8. The molecule has 152 valence electrons. The zero-order chi connectivity index (χ0) is 21.5. The minimum absolute atomic E-state index is 0.367. The van der Waals surface area contributed by atoms with Crippen LogP contribution in [0.25, 0.3) is 0 Å². The van der Waals surface area contributed by atoms with E-state index in [1.165, 1.54) is 0 Å². The van der Waals surface area contributed by atoms with Gasteiger partial charge in [-0.25, -0.2) is 4.90 Å². The molecular weight excluding hydrogens is 416 g/mol. The SMILES string of the molecule is O=C1[C@@H]2C3c4ccccc4C([N+](=O)[O-])(c4ccccc43)[C@@H]2C(=O)N1c1ccc(Cl)cc1. The summed E-state index contributed by atoms with van der Waals surface area (Å²) in [5.41, 5.74) is 1.07. The average molecular weight is 431 g/mol. The summed E-state index contributed by atoms with van der Waals surface area (Å²) in [7, 11) is 0. The molecule has 3 aliphatic carbocycles. The fraction of sp³-hybridized carbons (Fsp3) is 0.167. The molecule has 2 bridgehead atoms. The van der Waals surface area contributed by atoms with Gasteiger partial charge in [-0.1, -0.05) is 60.1 Å². The van der Waals surface area contributed by atoms with E-state index in [0.717, 1.165) is 16.0 Å². The molecular formula is C24H15ClN2O4. The molecule has 3 aromatic carbocycles. The second kappa shape index (κ2) is 6.02. The first-order valence-corrected chi connectivity index (χ1v) is 10.3. The van der Waals surface area contributed by atoms with E-state index in [4.69, 9.17) is 11.6 Å². The maximum atomic E-state index is 13.7. The number of nitrogens with zero attached hydrogens (tertiary/aromatic N) is 2. The summed E-state index contributed by atoms with van der Waals surface area (Å²) in [4.78, 5) is 41.0.